The van der Waals surface area contributed by atoms with E-state index in [4.69, 9.17) is 15.2 Å². The first-order valence-electron chi connectivity index (χ1n) is 8.24. The predicted molar refractivity (Wildman–Crippen MR) is 86.5 cm³/mol. The summed E-state index contributed by atoms with van der Waals surface area (Å²) in [6, 6.07) is 7.98. The van der Waals surface area contributed by atoms with Crippen LogP contribution in [0.15, 0.2) is 24.3 Å². The molecular formula is C18H29NO2. The number of hydrogen-bond acceptors (Lipinski definition) is 3. The lowest BCUT2D eigenvalue weighted by atomic mass is 9.73. The summed E-state index contributed by atoms with van der Waals surface area (Å²) in [6.45, 7) is 7.74. The van der Waals surface area contributed by atoms with Crippen molar-refractivity contribution in [3.8, 4) is 5.75 Å². The zero-order valence-corrected chi connectivity index (χ0v) is 13.6. The summed E-state index contributed by atoms with van der Waals surface area (Å²) in [5.74, 6) is 1.66. The van der Waals surface area contributed by atoms with E-state index in [9.17, 15) is 0 Å². The molecule has 1 atom stereocenters. The van der Waals surface area contributed by atoms with Crippen LogP contribution in [0.2, 0.25) is 0 Å². The molecule has 0 aromatic heterocycles. The van der Waals surface area contributed by atoms with E-state index in [2.05, 4.69) is 19.9 Å². The summed E-state index contributed by atoms with van der Waals surface area (Å²) >= 11 is 0. The highest BCUT2D eigenvalue weighted by Crippen LogP contribution is 2.44. The molecule has 0 amide bonds. The standard InChI is InChI=1S/C18H29NO2/c1-4-20-16-9-7-6-8-15(16)17(19)18(21-5-2)12-10-14(3)11-13-18/h6-9,14,17H,4-5,10-13,19H2,1-3H3. The smallest absolute Gasteiger partial charge is 0.124 e. The Balaban J connectivity index is 2.28. The Kier molecular flexibility index (Phi) is 5.65. The Morgan fingerprint density at radius 1 is 1.19 bits per heavy atom. The summed E-state index contributed by atoms with van der Waals surface area (Å²) in [4.78, 5) is 0. The van der Waals surface area contributed by atoms with E-state index in [1.165, 1.54) is 12.8 Å². The van der Waals surface area contributed by atoms with E-state index in [1.807, 2.05) is 25.1 Å². The highest BCUT2D eigenvalue weighted by molar-refractivity contribution is 5.37. The van der Waals surface area contributed by atoms with Gasteiger partial charge >= 0.3 is 0 Å². The molecule has 1 aliphatic rings. The minimum absolute atomic E-state index is 0.132. The Labute approximate surface area is 128 Å². The van der Waals surface area contributed by atoms with Crippen molar-refractivity contribution in [2.24, 2.45) is 11.7 Å². The van der Waals surface area contributed by atoms with Crippen LogP contribution in [-0.2, 0) is 4.74 Å². The minimum Gasteiger partial charge on any atom is -0.494 e. The fourth-order valence-electron chi connectivity index (χ4n) is 3.39. The third-order valence-corrected chi connectivity index (χ3v) is 4.67. The summed E-state index contributed by atoms with van der Waals surface area (Å²) in [7, 11) is 0. The molecule has 0 aliphatic heterocycles. The van der Waals surface area contributed by atoms with Crippen molar-refractivity contribution in [1.29, 1.82) is 0 Å². The Morgan fingerprint density at radius 2 is 1.86 bits per heavy atom. The molecular weight excluding hydrogens is 262 g/mol. The number of nitrogens with two attached hydrogens (primary N) is 1. The van der Waals surface area contributed by atoms with Crippen molar-refractivity contribution >= 4 is 0 Å². The van der Waals surface area contributed by atoms with E-state index >= 15 is 0 Å². The van der Waals surface area contributed by atoms with Gasteiger partial charge in [-0.15, -0.1) is 0 Å². The number of ether oxygens (including phenoxy) is 2. The first kappa shape index (κ1) is 16.3. The van der Waals surface area contributed by atoms with E-state index in [1.54, 1.807) is 0 Å². The summed E-state index contributed by atoms with van der Waals surface area (Å²) < 4.78 is 11.9. The SMILES string of the molecule is CCOc1ccccc1C(N)C1(OCC)CCC(C)CC1. The first-order chi connectivity index (χ1) is 10.1. The van der Waals surface area contributed by atoms with Crippen LogP contribution in [0.25, 0.3) is 0 Å². The van der Waals surface area contributed by atoms with Crippen molar-refractivity contribution in [3.63, 3.8) is 0 Å². The summed E-state index contributed by atoms with van der Waals surface area (Å²) in [5.41, 5.74) is 7.49. The second kappa shape index (κ2) is 7.28. The average Bonchev–Trinajstić information content (AvgIpc) is 2.50. The molecule has 0 spiro atoms. The van der Waals surface area contributed by atoms with Gasteiger partial charge in [0.25, 0.3) is 0 Å². The van der Waals surface area contributed by atoms with Gasteiger partial charge in [0, 0.05) is 12.2 Å². The van der Waals surface area contributed by atoms with E-state index in [0.29, 0.717) is 13.2 Å². The molecule has 0 heterocycles. The maximum Gasteiger partial charge on any atom is 0.124 e. The average molecular weight is 291 g/mol. The van der Waals surface area contributed by atoms with Crippen molar-refractivity contribution in [2.75, 3.05) is 13.2 Å². The molecule has 0 radical (unpaired) electrons. The number of para-hydroxylation sites is 1. The zero-order chi connectivity index (χ0) is 15.3. The van der Waals surface area contributed by atoms with Gasteiger partial charge in [0.05, 0.1) is 18.2 Å². The molecule has 0 bridgehead atoms. The van der Waals surface area contributed by atoms with Crippen LogP contribution in [0.1, 0.15) is 58.1 Å². The van der Waals surface area contributed by atoms with Crippen molar-refractivity contribution < 1.29 is 9.47 Å². The topological polar surface area (TPSA) is 44.5 Å². The van der Waals surface area contributed by atoms with Crippen LogP contribution >= 0.6 is 0 Å². The van der Waals surface area contributed by atoms with E-state index < -0.39 is 0 Å². The monoisotopic (exact) mass is 291 g/mol. The second-order valence-electron chi connectivity index (χ2n) is 6.13. The lowest BCUT2D eigenvalue weighted by Crippen LogP contribution is -2.46. The van der Waals surface area contributed by atoms with Crippen molar-refractivity contribution in [1.82, 2.24) is 0 Å². The van der Waals surface area contributed by atoms with E-state index in [0.717, 1.165) is 30.1 Å². The Hall–Kier alpha value is -1.06. The highest BCUT2D eigenvalue weighted by atomic mass is 16.5. The predicted octanol–water partition coefficient (Wildman–Crippen LogP) is 4.07. The fraction of sp³-hybridized carbons (Fsp3) is 0.667. The van der Waals surface area contributed by atoms with Crippen LogP contribution in [0.5, 0.6) is 5.75 Å². The lowest BCUT2D eigenvalue weighted by molar-refractivity contribution is -0.0900. The maximum absolute atomic E-state index is 6.66. The van der Waals surface area contributed by atoms with Gasteiger partial charge < -0.3 is 15.2 Å². The molecule has 2 rings (SSSR count). The van der Waals surface area contributed by atoms with Gasteiger partial charge in [0.15, 0.2) is 0 Å². The normalized spacial score (nSPS) is 27.3. The van der Waals surface area contributed by atoms with Gasteiger partial charge in [0.2, 0.25) is 0 Å². The van der Waals surface area contributed by atoms with Gasteiger partial charge in [-0.2, -0.15) is 0 Å². The van der Waals surface area contributed by atoms with E-state index in [-0.39, 0.29) is 11.6 Å². The highest BCUT2D eigenvalue weighted by Gasteiger charge is 2.41. The molecule has 3 heteroatoms. The molecule has 1 aromatic carbocycles. The minimum atomic E-state index is -0.242. The van der Waals surface area contributed by atoms with Gasteiger partial charge in [0.1, 0.15) is 5.75 Å². The van der Waals surface area contributed by atoms with Gasteiger partial charge in [-0.3, -0.25) is 0 Å². The summed E-state index contributed by atoms with van der Waals surface area (Å²) in [5, 5.41) is 0. The second-order valence-corrected chi connectivity index (χ2v) is 6.13. The molecule has 1 aromatic rings. The maximum atomic E-state index is 6.66. The van der Waals surface area contributed by atoms with Crippen molar-refractivity contribution in [3.05, 3.63) is 29.8 Å². The van der Waals surface area contributed by atoms with Gasteiger partial charge in [-0.1, -0.05) is 25.1 Å². The number of rotatable bonds is 6. The molecule has 0 saturated heterocycles. The number of benzene rings is 1. The fourth-order valence-corrected chi connectivity index (χ4v) is 3.39. The molecule has 1 saturated carbocycles. The molecule has 118 valence electrons. The molecule has 3 nitrogen and oxygen atoms in total. The quantitative estimate of drug-likeness (QED) is 0.859. The zero-order valence-electron chi connectivity index (χ0n) is 13.6. The van der Waals surface area contributed by atoms with Gasteiger partial charge in [-0.25, -0.2) is 0 Å². The third-order valence-electron chi connectivity index (χ3n) is 4.67. The Bertz CT molecular complexity index is 439. The van der Waals surface area contributed by atoms with Gasteiger partial charge in [-0.05, 0) is 51.5 Å². The molecule has 2 N–H and O–H groups in total. The van der Waals surface area contributed by atoms with Crippen LogP contribution in [-0.4, -0.2) is 18.8 Å². The molecule has 1 unspecified atom stereocenters. The first-order valence-corrected chi connectivity index (χ1v) is 8.24. The van der Waals surface area contributed by atoms with Crippen LogP contribution in [0.4, 0.5) is 0 Å². The van der Waals surface area contributed by atoms with Crippen LogP contribution in [0, 0.1) is 5.92 Å². The largest absolute Gasteiger partial charge is 0.494 e. The lowest BCUT2D eigenvalue weighted by Gasteiger charge is -2.43. The van der Waals surface area contributed by atoms with Crippen molar-refractivity contribution in [2.45, 2.75) is 58.1 Å². The molecule has 1 fully saturated rings. The molecule has 1 aliphatic carbocycles. The summed E-state index contributed by atoms with van der Waals surface area (Å²) in [6.07, 6.45) is 4.43. The number of hydrogen-bond donors (Lipinski definition) is 1. The Morgan fingerprint density at radius 3 is 2.48 bits per heavy atom. The van der Waals surface area contributed by atoms with Crippen LogP contribution < -0.4 is 10.5 Å². The van der Waals surface area contributed by atoms with Crippen LogP contribution in [0.3, 0.4) is 0 Å². The molecule has 21 heavy (non-hydrogen) atoms. The third kappa shape index (κ3) is 3.58.